The molecule has 0 aliphatic rings. The van der Waals surface area contributed by atoms with E-state index in [-0.39, 0.29) is 18.3 Å². The van der Waals surface area contributed by atoms with Crippen molar-refractivity contribution in [1.29, 1.82) is 0 Å². The van der Waals surface area contributed by atoms with Crippen LogP contribution in [-0.4, -0.2) is 39.0 Å². The van der Waals surface area contributed by atoms with Crippen LogP contribution in [0.4, 0.5) is 5.69 Å². The molecule has 0 spiro atoms. The molecule has 8 nitrogen and oxygen atoms in total. The Balaban J connectivity index is 1.52. The van der Waals surface area contributed by atoms with Gasteiger partial charge in [0.15, 0.2) is 11.0 Å². The molecular formula is C22H23ClN4O4S. The number of hydrogen-bond donors (Lipinski definition) is 1. The van der Waals surface area contributed by atoms with Crippen LogP contribution in [0.5, 0.6) is 5.75 Å². The van der Waals surface area contributed by atoms with Crippen LogP contribution in [0.25, 0.3) is 0 Å². The summed E-state index contributed by atoms with van der Waals surface area (Å²) in [5.74, 6) is 0.647. The Morgan fingerprint density at radius 2 is 1.97 bits per heavy atom. The molecule has 1 amide bonds. The number of para-hydroxylation sites is 1. The molecule has 1 heterocycles. The number of aromatic nitrogens is 3. The Morgan fingerprint density at radius 3 is 2.75 bits per heavy atom. The number of esters is 1. The van der Waals surface area contributed by atoms with Gasteiger partial charge < -0.3 is 19.4 Å². The van der Waals surface area contributed by atoms with Gasteiger partial charge in [-0.3, -0.25) is 4.79 Å². The minimum atomic E-state index is -0.414. The van der Waals surface area contributed by atoms with Crippen molar-refractivity contribution in [3.8, 4) is 5.75 Å². The number of halogens is 1. The molecule has 3 rings (SSSR count). The Kier molecular flexibility index (Phi) is 8.52. The van der Waals surface area contributed by atoms with Crippen LogP contribution >= 0.6 is 23.4 Å². The first-order chi connectivity index (χ1) is 15.5. The number of nitrogens with zero attached hydrogens (tertiary/aromatic N) is 3. The van der Waals surface area contributed by atoms with Crippen LogP contribution in [-0.2, 0) is 23.2 Å². The van der Waals surface area contributed by atoms with E-state index in [4.69, 9.17) is 21.1 Å². The van der Waals surface area contributed by atoms with Crippen molar-refractivity contribution < 1.29 is 19.1 Å². The molecule has 0 radical (unpaired) electrons. The van der Waals surface area contributed by atoms with E-state index in [2.05, 4.69) is 15.5 Å². The number of amides is 1. The highest BCUT2D eigenvalue weighted by Crippen LogP contribution is 2.24. The molecule has 0 aliphatic heterocycles. The number of nitrogens with one attached hydrogen (secondary N) is 1. The molecule has 0 saturated heterocycles. The summed E-state index contributed by atoms with van der Waals surface area (Å²) in [7, 11) is 1.80. The van der Waals surface area contributed by atoms with Crippen LogP contribution in [0.15, 0.2) is 53.7 Å². The molecule has 0 fully saturated rings. The van der Waals surface area contributed by atoms with Gasteiger partial charge >= 0.3 is 5.97 Å². The second-order valence-electron chi connectivity index (χ2n) is 6.73. The van der Waals surface area contributed by atoms with Gasteiger partial charge in [-0.25, -0.2) is 4.79 Å². The molecule has 1 N–H and O–H groups in total. The standard InChI is InChI=1S/C22H23ClN4O4S/c1-3-11-30-21(29)15-7-6-8-16(12-15)24-20(28)14-32-22-26-25-19(27(22)2)13-31-18-10-5-4-9-17(18)23/h4-10,12H,3,11,13-14H2,1-2H3,(H,24,28). The molecule has 10 heteroatoms. The number of benzene rings is 2. The Hall–Kier alpha value is -3.04. The van der Waals surface area contributed by atoms with E-state index in [1.165, 1.54) is 11.8 Å². The summed E-state index contributed by atoms with van der Waals surface area (Å²) < 4.78 is 12.6. The van der Waals surface area contributed by atoms with Crippen molar-refractivity contribution in [3.63, 3.8) is 0 Å². The van der Waals surface area contributed by atoms with Crippen LogP contribution < -0.4 is 10.1 Å². The summed E-state index contributed by atoms with van der Waals surface area (Å²) in [6.45, 7) is 2.48. The molecule has 0 atom stereocenters. The minimum absolute atomic E-state index is 0.127. The SMILES string of the molecule is CCCOC(=O)c1cccc(NC(=O)CSc2nnc(COc3ccccc3Cl)n2C)c1. The second kappa shape index (κ2) is 11.5. The van der Waals surface area contributed by atoms with Crippen molar-refractivity contribution in [2.24, 2.45) is 7.05 Å². The summed E-state index contributed by atoms with van der Waals surface area (Å²) in [6, 6.07) is 13.8. The first-order valence-corrected chi connectivity index (χ1v) is 11.3. The molecule has 0 unspecified atom stereocenters. The maximum absolute atomic E-state index is 12.4. The van der Waals surface area contributed by atoms with Gasteiger partial charge in [0.05, 0.1) is 22.9 Å². The summed E-state index contributed by atoms with van der Waals surface area (Å²) >= 11 is 7.34. The largest absolute Gasteiger partial charge is 0.484 e. The van der Waals surface area contributed by atoms with Gasteiger partial charge in [-0.2, -0.15) is 0 Å². The van der Waals surface area contributed by atoms with Gasteiger partial charge in [0.25, 0.3) is 0 Å². The van der Waals surface area contributed by atoms with Gasteiger partial charge in [0, 0.05) is 12.7 Å². The number of thioether (sulfide) groups is 1. The zero-order chi connectivity index (χ0) is 22.9. The van der Waals surface area contributed by atoms with E-state index in [1.807, 2.05) is 19.1 Å². The molecule has 2 aromatic carbocycles. The van der Waals surface area contributed by atoms with Gasteiger partial charge in [-0.05, 0) is 36.8 Å². The first kappa shape index (κ1) is 23.6. The zero-order valence-corrected chi connectivity index (χ0v) is 19.3. The van der Waals surface area contributed by atoms with E-state index in [1.54, 1.807) is 48.0 Å². The third kappa shape index (κ3) is 6.48. The lowest BCUT2D eigenvalue weighted by Crippen LogP contribution is -2.15. The predicted octanol–water partition coefficient (Wildman–Crippen LogP) is 4.35. The van der Waals surface area contributed by atoms with Crippen LogP contribution in [0.1, 0.15) is 29.5 Å². The number of carbonyl (C=O) groups is 2. The quantitative estimate of drug-likeness (QED) is 0.345. The third-order valence-corrected chi connectivity index (χ3v) is 5.60. The van der Waals surface area contributed by atoms with E-state index >= 15 is 0 Å². The van der Waals surface area contributed by atoms with Gasteiger partial charge in [0.2, 0.25) is 5.91 Å². The van der Waals surface area contributed by atoms with E-state index in [0.717, 1.165) is 6.42 Å². The fraction of sp³-hybridized carbons (Fsp3) is 0.273. The first-order valence-electron chi connectivity index (χ1n) is 9.93. The normalized spacial score (nSPS) is 10.6. The highest BCUT2D eigenvalue weighted by molar-refractivity contribution is 7.99. The van der Waals surface area contributed by atoms with Gasteiger partial charge in [-0.1, -0.05) is 48.5 Å². The highest BCUT2D eigenvalue weighted by Gasteiger charge is 2.14. The van der Waals surface area contributed by atoms with Crippen molar-refractivity contribution in [2.45, 2.75) is 25.1 Å². The molecule has 0 aliphatic carbocycles. The molecule has 0 saturated carbocycles. The fourth-order valence-electron chi connectivity index (χ4n) is 2.63. The zero-order valence-electron chi connectivity index (χ0n) is 17.7. The summed E-state index contributed by atoms with van der Waals surface area (Å²) in [5, 5.41) is 12.1. The lowest BCUT2D eigenvalue weighted by molar-refractivity contribution is -0.113. The highest BCUT2D eigenvalue weighted by atomic mass is 35.5. The van der Waals surface area contributed by atoms with Crippen molar-refractivity contribution in [1.82, 2.24) is 14.8 Å². The number of carbonyl (C=O) groups excluding carboxylic acids is 2. The molecule has 168 valence electrons. The van der Waals surface area contributed by atoms with Gasteiger partial charge in [0.1, 0.15) is 12.4 Å². The smallest absolute Gasteiger partial charge is 0.338 e. The minimum Gasteiger partial charge on any atom is -0.484 e. The Bertz CT molecular complexity index is 1090. The molecule has 32 heavy (non-hydrogen) atoms. The average Bonchev–Trinajstić information content (AvgIpc) is 3.15. The molecule has 0 bridgehead atoms. The lowest BCUT2D eigenvalue weighted by Gasteiger charge is -2.08. The summed E-state index contributed by atoms with van der Waals surface area (Å²) in [6.07, 6.45) is 0.745. The molecule has 3 aromatic rings. The molecular weight excluding hydrogens is 452 g/mol. The van der Waals surface area contributed by atoms with Crippen molar-refractivity contribution >= 4 is 40.9 Å². The fourth-order valence-corrected chi connectivity index (χ4v) is 3.55. The number of anilines is 1. The van der Waals surface area contributed by atoms with E-state index in [0.29, 0.717) is 39.6 Å². The lowest BCUT2D eigenvalue weighted by atomic mass is 10.2. The van der Waals surface area contributed by atoms with Crippen LogP contribution in [0.2, 0.25) is 5.02 Å². The maximum Gasteiger partial charge on any atom is 0.338 e. The van der Waals surface area contributed by atoms with Gasteiger partial charge in [-0.15, -0.1) is 10.2 Å². The topological polar surface area (TPSA) is 95.3 Å². The summed E-state index contributed by atoms with van der Waals surface area (Å²) in [5.41, 5.74) is 0.911. The van der Waals surface area contributed by atoms with Crippen LogP contribution in [0.3, 0.4) is 0 Å². The van der Waals surface area contributed by atoms with Crippen molar-refractivity contribution in [3.05, 3.63) is 64.9 Å². The Labute approximate surface area is 195 Å². The Morgan fingerprint density at radius 1 is 1.16 bits per heavy atom. The third-order valence-electron chi connectivity index (χ3n) is 4.27. The van der Waals surface area contributed by atoms with E-state index < -0.39 is 5.97 Å². The predicted molar refractivity (Wildman–Crippen MR) is 123 cm³/mol. The maximum atomic E-state index is 12.4. The monoisotopic (exact) mass is 474 g/mol. The number of rotatable bonds is 10. The van der Waals surface area contributed by atoms with Crippen molar-refractivity contribution in [2.75, 3.05) is 17.7 Å². The summed E-state index contributed by atoms with van der Waals surface area (Å²) in [4.78, 5) is 24.3. The number of hydrogen-bond acceptors (Lipinski definition) is 7. The second-order valence-corrected chi connectivity index (χ2v) is 8.08. The van der Waals surface area contributed by atoms with Crippen LogP contribution in [0, 0.1) is 0 Å². The molecule has 1 aromatic heterocycles. The number of ether oxygens (including phenoxy) is 2. The average molecular weight is 475 g/mol. The van der Waals surface area contributed by atoms with E-state index in [9.17, 15) is 9.59 Å².